The van der Waals surface area contributed by atoms with Gasteiger partial charge < -0.3 is 14.2 Å². The second-order valence-corrected chi connectivity index (χ2v) is 9.98. The molecular formula is C10H22O3Si2. The van der Waals surface area contributed by atoms with Gasteiger partial charge in [0, 0.05) is 20.5 Å². The van der Waals surface area contributed by atoms with E-state index in [9.17, 15) is 0 Å². The van der Waals surface area contributed by atoms with Crippen LogP contribution in [0.2, 0.25) is 0 Å². The average Bonchev–Trinajstić information content (AvgIpc) is 2.88. The minimum atomic E-state index is -0.0988. The molecule has 4 atom stereocenters. The van der Waals surface area contributed by atoms with Crippen LogP contribution < -0.4 is 0 Å². The summed E-state index contributed by atoms with van der Waals surface area (Å²) in [6.07, 6.45) is 0. The molecule has 0 aromatic rings. The van der Waals surface area contributed by atoms with Crippen molar-refractivity contribution in [2.24, 2.45) is 0 Å². The fourth-order valence-electron chi connectivity index (χ4n) is 1.77. The Bertz CT molecular complexity index is 252. The van der Waals surface area contributed by atoms with E-state index < -0.39 is 0 Å². The van der Waals surface area contributed by atoms with Gasteiger partial charge in [-0.3, -0.25) is 0 Å². The molecule has 0 saturated carbocycles. The molecule has 3 nitrogen and oxygen atoms in total. The van der Waals surface area contributed by atoms with Gasteiger partial charge in [-0.15, -0.1) is 0 Å². The van der Waals surface area contributed by atoms with Crippen molar-refractivity contribution >= 4 is 20.5 Å². The molecule has 0 aromatic heterocycles. The van der Waals surface area contributed by atoms with Crippen molar-refractivity contribution in [1.29, 1.82) is 0 Å². The molecule has 5 heteroatoms. The smallest absolute Gasteiger partial charge is 0.113 e. The van der Waals surface area contributed by atoms with Crippen molar-refractivity contribution < 1.29 is 14.2 Å². The van der Waals surface area contributed by atoms with E-state index in [1.165, 1.54) is 0 Å². The molecular weight excluding hydrogens is 224 g/mol. The van der Waals surface area contributed by atoms with E-state index in [1.54, 1.807) is 0 Å². The summed E-state index contributed by atoms with van der Waals surface area (Å²) < 4.78 is 17.4. The second-order valence-electron chi connectivity index (χ2n) is 6.16. The molecule has 2 aliphatic heterocycles. The van der Waals surface area contributed by atoms with Crippen LogP contribution in [0, 0.1) is 0 Å². The Hall–Kier alpha value is 0.314. The molecule has 0 aliphatic carbocycles. The van der Waals surface area contributed by atoms with Gasteiger partial charge in [0.05, 0.1) is 23.7 Å². The summed E-state index contributed by atoms with van der Waals surface area (Å²) in [5.74, 6) is 0. The summed E-state index contributed by atoms with van der Waals surface area (Å²) >= 11 is 0. The standard InChI is InChI=1S/C10H22O3Si2/c1-7(5-11-7)9(3,14)13-10(4,15)8(2)6-12-8/h5-6H2,1-4,14-15H3. The highest BCUT2D eigenvalue weighted by Crippen LogP contribution is 2.45. The fourth-order valence-corrected chi connectivity index (χ4v) is 3.77. The highest BCUT2D eigenvalue weighted by Gasteiger charge is 2.60. The second kappa shape index (κ2) is 2.95. The first-order valence-corrected chi connectivity index (χ1v) is 7.60. The Kier molecular flexibility index (Phi) is 2.32. The van der Waals surface area contributed by atoms with E-state index in [2.05, 4.69) is 27.7 Å². The Labute approximate surface area is 97.7 Å². The molecule has 0 spiro atoms. The summed E-state index contributed by atoms with van der Waals surface area (Å²) in [5.41, 5.74) is -0.0910. The molecule has 0 aromatic carbocycles. The van der Waals surface area contributed by atoms with Gasteiger partial charge in [0.2, 0.25) is 0 Å². The molecule has 2 saturated heterocycles. The zero-order valence-electron chi connectivity index (χ0n) is 10.6. The van der Waals surface area contributed by atoms with Gasteiger partial charge in [0.25, 0.3) is 0 Å². The van der Waals surface area contributed by atoms with Crippen LogP contribution in [0.25, 0.3) is 0 Å². The zero-order chi connectivity index (χ0) is 11.5. The first-order valence-electron chi connectivity index (χ1n) is 5.60. The Balaban J connectivity index is 2.07. The lowest BCUT2D eigenvalue weighted by molar-refractivity contribution is -0.111. The Morgan fingerprint density at radius 1 is 1.00 bits per heavy atom. The largest absolute Gasteiger partial charge is 0.372 e. The van der Waals surface area contributed by atoms with Crippen LogP contribution in [-0.2, 0) is 14.2 Å². The van der Waals surface area contributed by atoms with Gasteiger partial charge in [-0.1, -0.05) is 0 Å². The van der Waals surface area contributed by atoms with Crippen LogP contribution in [0.1, 0.15) is 27.7 Å². The van der Waals surface area contributed by atoms with Crippen LogP contribution in [-0.4, -0.2) is 55.3 Å². The van der Waals surface area contributed by atoms with Crippen molar-refractivity contribution in [1.82, 2.24) is 0 Å². The molecule has 88 valence electrons. The normalized spacial score (nSPS) is 47.2. The molecule has 2 fully saturated rings. The summed E-state index contributed by atoms with van der Waals surface area (Å²) in [6, 6.07) is 0. The monoisotopic (exact) mass is 246 g/mol. The number of hydrogen-bond acceptors (Lipinski definition) is 3. The summed E-state index contributed by atoms with van der Waals surface area (Å²) in [4.78, 5) is 0. The first-order chi connectivity index (χ1) is 6.62. The summed E-state index contributed by atoms with van der Waals surface area (Å²) in [7, 11) is 1.96. The van der Waals surface area contributed by atoms with Crippen LogP contribution in [0.4, 0.5) is 0 Å². The van der Waals surface area contributed by atoms with Gasteiger partial charge in [-0.2, -0.15) is 0 Å². The van der Waals surface area contributed by atoms with E-state index in [1.807, 2.05) is 0 Å². The topological polar surface area (TPSA) is 34.3 Å². The molecule has 0 radical (unpaired) electrons. The lowest BCUT2D eigenvalue weighted by atomic mass is 10.0. The van der Waals surface area contributed by atoms with E-state index in [-0.39, 0.29) is 21.7 Å². The van der Waals surface area contributed by atoms with Crippen LogP contribution in [0.3, 0.4) is 0 Å². The lowest BCUT2D eigenvalue weighted by Crippen LogP contribution is -2.55. The molecule has 0 N–H and O–H groups in total. The van der Waals surface area contributed by atoms with Crippen molar-refractivity contribution in [3.05, 3.63) is 0 Å². The molecule has 0 bridgehead atoms. The van der Waals surface area contributed by atoms with E-state index in [4.69, 9.17) is 14.2 Å². The molecule has 2 aliphatic rings. The fraction of sp³-hybridized carbons (Fsp3) is 1.00. The van der Waals surface area contributed by atoms with Gasteiger partial charge in [0.15, 0.2) is 0 Å². The molecule has 15 heavy (non-hydrogen) atoms. The van der Waals surface area contributed by atoms with Crippen LogP contribution in [0.15, 0.2) is 0 Å². The van der Waals surface area contributed by atoms with Gasteiger partial charge in [0.1, 0.15) is 11.2 Å². The van der Waals surface area contributed by atoms with Crippen molar-refractivity contribution in [2.45, 2.75) is 49.3 Å². The van der Waals surface area contributed by atoms with Crippen molar-refractivity contribution in [3.8, 4) is 0 Å². The molecule has 0 amide bonds. The first kappa shape index (κ1) is 11.8. The predicted molar refractivity (Wildman–Crippen MR) is 66.5 cm³/mol. The number of hydrogen-bond donors (Lipinski definition) is 0. The minimum absolute atomic E-state index is 0.0455. The van der Waals surface area contributed by atoms with Gasteiger partial charge in [-0.05, 0) is 27.7 Å². The third kappa shape index (κ3) is 1.84. The SMILES string of the molecule is CC([SiH3])(OC(C)([SiH3])C1(C)CO1)C1(C)CO1. The maximum Gasteiger partial charge on any atom is 0.113 e. The van der Waals surface area contributed by atoms with Gasteiger partial charge in [-0.25, -0.2) is 0 Å². The quantitative estimate of drug-likeness (QED) is 0.459. The Morgan fingerprint density at radius 2 is 1.27 bits per heavy atom. The van der Waals surface area contributed by atoms with E-state index in [0.717, 1.165) is 33.7 Å². The van der Waals surface area contributed by atoms with Crippen LogP contribution >= 0.6 is 0 Å². The minimum Gasteiger partial charge on any atom is -0.372 e. The lowest BCUT2D eigenvalue weighted by Gasteiger charge is -2.41. The molecule has 2 rings (SSSR count). The van der Waals surface area contributed by atoms with Crippen molar-refractivity contribution in [3.63, 3.8) is 0 Å². The Morgan fingerprint density at radius 3 is 1.47 bits per heavy atom. The van der Waals surface area contributed by atoms with E-state index in [0.29, 0.717) is 0 Å². The molecule has 4 unspecified atom stereocenters. The number of epoxide rings is 2. The summed E-state index contributed by atoms with van der Waals surface area (Å²) in [6.45, 7) is 10.3. The van der Waals surface area contributed by atoms with Gasteiger partial charge >= 0.3 is 0 Å². The summed E-state index contributed by atoms with van der Waals surface area (Å²) in [5, 5.41) is -0.198. The highest BCUT2D eigenvalue weighted by molar-refractivity contribution is 6.18. The maximum atomic E-state index is 6.35. The number of rotatable bonds is 4. The maximum absolute atomic E-state index is 6.35. The van der Waals surface area contributed by atoms with Crippen LogP contribution in [0.5, 0.6) is 0 Å². The zero-order valence-corrected chi connectivity index (χ0v) is 14.6. The predicted octanol–water partition coefficient (Wildman–Crippen LogP) is -1.26. The van der Waals surface area contributed by atoms with Crippen molar-refractivity contribution in [2.75, 3.05) is 13.2 Å². The highest BCUT2D eigenvalue weighted by atomic mass is 28.2. The number of ether oxygens (including phenoxy) is 3. The third-order valence-electron chi connectivity index (χ3n) is 4.21. The third-order valence-corrected chi connectivity index (χ3v) is 6.74. The molecule has 2 heterocycles. The van der Waals surface area contributed by atoms with E-state index >= 15 is 0 Å². The average molecular weight is 246 g/mol.